The van der Waals surface area contributed by atoms with Crippen LogP contribution in [0.5, 0.6) is 0 Å². The van der Waals surface area contributed by atoms with Gasteiger partial charge in [0.05, 0.1) is 17.6 Å². The van der Waals surface area contributed by atoms with Crippen molar-refractivity contribution in [3.05, 3.63) is 21.3 Å². The number of hydrogen-bond acceptors (Lipinski definition) is 4. The molecule has 2 rings (SSSR count). The van der Waals surface area contributed by atoms with E-state index in [1.165, 1.54) is 4.88 Å². The van der Waals surface area contributed by atoms with E-state index in [-0.39, 0.29) is 6.29 Å². The Bertz CT molecular complexity index is 353. The summed E-state index contributed by atoms with van der Waals surface area (Å²) in [6, 6.07) is 4.45. The molecule has 0 bridgehead atoms. The third-order valence-electron chi connectivity index (χ3n) is 2.93. The van der Waals surface area contributed by atoms with Crippen LogP contribution in [0.25, 0.3) is 0 Å². The van der Waals surface area contributed by atoms with Gasteiger partial charge in [-0.25, -0.2) is 0 Å². The maximum atomic E-state index is 5.97. The minimum atomic E-state index is -0.0465. The highest BCUT2D eigenvalue weighted by Crippen LogP contribution is 2.24. The van der Waals surface area contributed by atoms with E-state index in [2.05, 4.69) is 18.3 Å². The molecule has 1 aromatic heterocycles. The molecule has 3 nitrogen and oxygen atoms in total. The third kappa shape index (κ3) is 4.52. The lowest BCUT2D eigenvalue weighted by atomic mass is 10.1. The van der Waals surface area contributed by atoms with Crippen LogP contribution < -0.4 is 5.32 Å². The van der Waals surface area contributed by atoms with Crippen molar-refractivity contribution in [1.82, 2.24) is 5.32 Å². The monoisotopic (exact) mass is 289 g/mol. The van der Waals surface area contributed by atoms with Crippen molar-refractivity contribution in [2.45, 2.75) is 38.5 Å². The van der Waals surface area contributed by atoms with E-state index in [0.717, 1.165) is 43.4 Å². The average Bonchev–Trinajstić information content (AvgIpc) is 2.98. The number of nitrogens with one attached hydrogen (secondary N) is 1. The van der Waals surface area contributed by atoms with Gasteiger partial charge in [-0.1, -0.05) is 18.5 Å². The van der Waals surface area contributed by atoms with Gasteiger partial charge >= 0.3 is 0 Å². The lowest BCUT2D eigenvalue weighted by Gasteiger charge is -2.20. The predicted molar refractivity (Wildman–Crippen MR) is 75.4 cm³/mol. The zero-order chi connectivity index (χ0) is 12.8. The van der Waals surface area contributed by atoms with Crippen LogP contribution in [-0.4, -0.2) is 32.1 Å². The van der Waals surface area contributed by atoms with Gasteiger partial charge < -0.3 is 14.8 Å². The number of halogens is 1. The van der Waals surface area contributed by atoms with Gasteiger partial charge in [0.15, 0.2) is 6.29 Å². The molecular formula is C13H20ClNO2S. The van der Waals surface area contributed by atoms with Crippen molar-refractivity contribution in [1.29, 1.82) is 0 Å². The van der Waals surface area contributed by atoms with Gasteiger partial charge in [-0.05, 0) is 31.5 Å². The molecule has 2 heterocycles. The first kappa shape index (κ1) is 14.3. The Kier molecular flexibility index (Phi) is 5.92. The van der Waals surface area contributed by atoms with Gasteiger partial charge in [-0.3, -0.25) is 0 Å². The zero-order valence-electron chi connectivity index (χ0n) is 10.7. The van der Waals surface area contributed by atoms with Crippen molar-refractivity contribution in [3.63, 3.8) is 0 Å². The number of thiophene rings is 1. The molecule has 0 aromatic carbocycles. The molecule has 0 saturated carbocycles. The first-order valence-electron chi connectivity index (χ1n) is 6.48. The van der Waals surface area contributed by atoms with Crippen molar-refractivity contribution in [2.24, 2.45) is 0 Å². The molecule has 18 heavy (non-hydrogen) atoms. The Morgan fingerprint density at radius 3 is 2.83 bits per heavy atom. The second kappa shape index (κ2) is 7.46. The Hall–Kier alpha value is -0.130. The van der Waals surface area contributed by atoms with Crippen LogP contribution in [0.2, 0.25) is 4.34 Å². The highest BCUT2D eigenvalue weighted by atomic mass is 35.5. The fourth-order valence-electron chi connectivity index (χ4n) is 2.07. The van der Waals surface area contributed by atoms with Crippen LogP contribution in [-0.2, 0) is 15.9 Å². The predicted octanol–water partition coefficient (Wildman–Crippen LogP) is 3.08. The van der Waals surface area contributed by atoms with Crippen LogP contribution in [0.15, 0.2) is 12.1 Å². The molecule has 0 spiro atoms. The summed E-state index contributed by atoms with van der Waals surface area (Å²) in [6.45, 7) is 4.64. The van der Waals surface area contributed by atoms with Crippen molar-refractivity contribution in [3.8, 4) is 0 Å². The molecule has 1 N–H and O–H groups in total. The summed E-state index contributed by atoms with van der Waals surface area (Å²) < 4.78 is 11.9. The minimum absolute atomic E-state index is 0.0465. The maximum Gasteiger partial charge on any atom is 0.159 e. The summed E-state index contributed by atoms with van der Waals surface area (Å²) in [7, 11) is 0. The molecule has 0 amide bonds. The molecule has 1 saturated heterocycles. The van der Waals surface area contributed by atoms with Crippen molar-refractivity contribution in [2.75, 3.05) is 19.8 Å². The van der Waals surface area contributed by atoms with Gasteiger partial charge in [0.25, 0.3) is 0 Å². The molecule has 5 heteroatoms. The lowest BCUT2D eigenvalue weighted by molar-refractivity contribution is -0.0526. The Morgan fingerprint density at radius 1 is 1.44 bits per heavy atom. The smallest absolute Gasteiger partial charge is 0.159 e. The molecule has 1 atom stereocenters. The largest absolute Gasteiger partial charge is 0.350 e. The molecule has 1 unspecified atom stereocenters. The highest BCUT2D eigenvalue weighted by Gasteiger charge is 2.21. The quantitative estimate of drug-likeness (QED) is 0.837. The summed E-state index contributed by atoms with van der Waals surface area (Å²) in [5.74, 6) is 0. The molecule has 0 radical (unpaired) electrons. The molecule has 1 fully saturated rings. The van der Waals surface area contributed by atoms with Gasteiger partial charge in [0, 0.05) is 17.3 Å². The van der Waals surface area contributed by atoms with E-state index in [9.17, 15) is 0 Å². The molecule has 1 aliphatic heterocycles. The van der Waals surface area contributed by atoms with E-state index in [4.69, 9.17) is 21.1 Å². The van der Waals surface area contributed by atoms with E-state index < -0.39 is 0 Å². The van der Waals surface area contributed by atoms with Gasteiger partial charge in [0.2, 0.25) is 0 Å². The van der Waals surface area contributed by atoms with E-state index >= 15 is 0 Å². The minimum Gasteiger partial charge on any atom is -0.350 e. The molecular weight excluding hydrogens is 270 g/mol. The van der Waals surface area contributed by atoms with Crippen LogP contribution in [0.1, 0.15) is 24.6 Å². The Labute approximate surface area is 117 Å². The van der Waals surface area contributed by atoms with Gasteiger partial charge in [-0.2, -0.15) is 0 Å². The topological polar surface area (TPSA) is 30.5 Å². The molecule has 1 aliphatic rings. The summed E-state index contributed by atoms with van der Waals surface area (Å²) in [5, 5.41) is 3.56. The standard InChI is InChI=1S/C13H20ClNO2S/c1-2-5-15-10(9-13-16-6-7-17-13)8-11-3-4-12(14)18-11/h3-4,10,13,15H,2,5-9H2,1H3. The van der Waals surface area contributed by atoms with Crippen LogP contribution in [0.3, 0.4) is 0 Å². The van der Waals surface area contributed by atoms with E-state index in [0.29, 0.717) is 6.04 Å². The lowest BCUT2D eigenvalue weighted by Crippen LogP contribution is -2.35. The summed E-state index contributed by atoms with van der Waals surface area (Å²) in [6.07, 6.45) is 2.97. The Balaban J connectivity index is 1.86. The average molecular weight is 290 g/mol. The van der Waals surface area contributed by atoms with Crippen molar-refractivity contribution >= 4 is 22.9 Å². The fraction of sp³-hybridized carbons (Fsp3) is 0.692. The van der Waals surface area contributed by atoms with Crippen LogP contribution in [0.4, 0.5) is 0 Å². The highest BCUT2D eigenvalue weighted by molar-refractivity contribution is 7.16. The molecule has 0 aliphatic carbocycles. The number of rotatable bonds is 7. The van der Waals surface area contributed by atoms with Crippen molar-refractivity contribution < 1.29 is 9.47 Å². The number of hydrogen-bond donors (Lipinski definition) is 1. The van der Waals surface area contributed by atoms with Crippen LogP contribution in [0, 0.1) is 0 Å². The maximum absolute atomic E-state index is 5.97. The normalized spacial score (nSPS) is 18.3. The van der Waals surface area contributed by atoms with Crippen LogP contribution >= 0.6 is 22.9 Å². The summed E-state index contributed by atoms with van der Waals surface area (Å²) in [4.78, 5) is 1.31. The summed E-state index contributed by atoms with van der Waals surface area (Å²) in [5.41, 5.74) is 0. The van der Waals surface area contributed by atoms with E-state index in [1.54, 1.807) is 11.3 Å². The molecule has 1 aromatic rings. The second-order valence-corrected chi connectivity index (χ2v) is 6.27. The zero-order valence-corrected chi connectivity index (χ0v) is 12.2. The van der Waals surface area contributed by atoms with E-state index in [1.807, 2.05) is 6.07 Å². The molecule has 102 valence electrons. The fourth-order valence-corrected chi connectivity index (χ4v) is 3.23. The second-order valence-electron chi connectivity index (χ2n) is 4.47. The first-order chi connectivity index (χ1) is 8.78. The SMILES string of the molecule is CCCNC(Cc1ccc(Cl)s1)CC1OCCO1. The number of ether oxygens (including phenoxy) is 2. The first-order valence-corrected chi connectivity index (χ1v) is 7.68. The third-order valence-corrected chi connectivity index (χ3v) is 4.18. The van der Waals surface area contributed by atoms with Gasteiger partial charge in [0.1, 0.15) is 0 Å². The summed E-state index contributed by atoms with van der Waals surface area (Å²) >= 11 is 7.62. The van der Waals surface area contributed by atoms with Gasteiger partial charge in [-0.15, -0.1) is 11.3 Å². The Morgan fingerprint density at radius 2 is 2.22 bits per heavy atom.